The first-order valence-electron chi connectivity index (χ1n) is 12.5. The van der Waals surface area contributed by atoms with E-state index in [1.54, 1.807) is 0 Å². The fourth-order valence-electron chi connectivity index (χ4n) is 2.81. The van der Waals surface area contributed by atoms with Gasteiger partial charge >= 0.3 is 0 Å². The summed E-state index contributed by atoms with van der Waals surface area (Å²) in [6.07, 6.45) is 46.1. The minimum absolute atomic E-state index is 0.356. The maximum absolute atomic E-state index is 11.9. The van der Waals surface area contributed by atoms with E-state index in [4.69, 9.17) is 0 Å². The van der Waals surface area contributed by atoms with Crippen LogP contribution in [0.25, 0.3) is 0 Å². The van der Waals surface area contributed by atoms with E-state index in [1.807, 2.05) is 0 Å². The summed E-state index contributed by atoms with van der Waals surface area (Å²) in [5.41, 5.74) is 0. The average molecular weight is 435 g/mol. The molecule has 0 aliphatic heterocycles. The normalized spacial score (nSPS) is 13.3. The Bertz CT molecular complexity index is 594. The summed E-state index contributed by atoms with van der Waals surface area (Å²) in [7, 11) is 0. The van der Waals surface area contributed by atoms with Crippen LogP contribution in [0.3, 0.4) is 0 Å². The van der Waals surface area contributed by atoms with E-state index in [1.165, 1.54) is 0 Å². The van der Waals surface area contributed by atoms with Gasteiger partial charge in [-0.25, -0.2) is 0 Å². The maximum atomic E-state index is 11.9. The highest BCUT2D eigenvalue weighted by Gasteiger charge is 1.97. The summed E-state index contributed by atoms with van der Waals surface area (Å²) in [4.78, 5) is 11.9. The monoisotopic (exact) mass is 434 g/mol. The lowest BCUT2D eigenvalue weighted by atomic mass is 10.1. The third kappa shape index (κ3) is 25.6. The maximum Gasteiger partial charge on any atom is 0.133 e. The molecule has 0 saturated heterocycles. The molecule has 0 aromatic carbocycles. The molecule has 0 aromatic heterocycles. The summed E-state index contributed by atoms with van der Waals surface area (Å²) in [5, 5.41) is 0. The van der Waals surface area contributed by atoms with Crippen molar-refractivity contribution in [1.82, 2.24) is 0 Å². The van der Waals surface area contributed by atoms with Crippen molar-refractivity contribution in [2.75, 3.05) is 0 Å². The van der Waals surface area contributed by atoms with Gasteiger partial charge in [0.1, 0.15) is 5.78 Å². The molecule has 32 heavy (non-hydrogen) atoms. The number of ketones is 1. The molecule has 176 valence electrons. The minimum Gasteiger partial charge on any atom is -0.300 e. The molecule has 0 spiro atoms. The third-order valence-corrected chi connectivity index (χ3v) is 4.62. The first-order chi connectivity index (χ1) is 15.8. The standard InChI is InChI=1S/C31H46O/c1-3-5-7-9-11-13-15-17-19-21-23-25-27-29-31(32)30-28-26-24-22-20-18-16-14-12-10-8-6-4-2/h5-8,11-14,17-20,23-26H,3-4,9-10,15-16,21-22,27-30H2,1-2H3/b7-5+,8-6+,13-11+,14-12+,19-17+,20-18+,25-23+,26-24+. The van der Waals surface area contributed by atoms with Gasteiger partial charge in [-0.1, -0.05) is 111 Å². The van der Waals surface area contributed by atoms with Gasteiger partial charge in [0.2, 0.25) is 0 Å². The van der Waals surface area contributed by atoms with Crippen LogP contribution < -0.4 is 0 Å². The largest absolute Gasteiger partial charge is 0.300 e. The Morgan fingerprint density at radius 1 is 0.406 bits per heavy atom. The second-order valence-electron chi connectivity index (χ2n) is 7.62. The molecule has 0 aromatic rings. The first-order valence-corrected chi connectivity index (χ1v) is 12.5. The van der Waals surface area contributed by atoms with E-state index < -0.39 is 0 Å². The van der Waals surface area contributed by atoms with Crippen LogP contribution in [0.15, 0.2) is 97.2 Å². The molecule has 0 rings (SSSR count). The van der Waals surface area contributed by atoms with Crippen LogP contribution >= 0.6 is 0 Å². The number of rotatable bonds is 20. The second kappa shape index (κ2) is 26.6. The smallest absolute Gasteiger partial charge is 0.133 e. The number of Topliss-reactive ketones (excluding diaryl/α,β-unsaturated/α-hetero) is 1. The Labute approximate surface area is 198 Å². The van der Waals surface area contributed by atoms with E-state index in [9.17, 15) is 4.79 Å². The lowest BCUT2D eigenvalue weighted by Gasteiger charge is -1.95. The van der Waals surface area contributed by atoms with Crippen LogP contribution in [0.5, 0.6) is 0 Å². The summed E-state index contributed by atoms with van der Waals surface area (Å²) >= 11 is 0. The van der Waals surface area contributed by atoms with Crippen molar-refractivity contribution in [3.63, 3.8) is 0 Å². The minimum atomic E-state index is 0.356. The number of hydrogen-bond donors (Lipinski definition) is 0. The van der Waals surface area contributed by atoms with Gasteiger partial charge in [0.05, 0.1) is 0 Å². The molecule has 0 fully saturated rings. The Morgan fingerprint density at radius 3 is 0.938 bits per heavy atom. The predicted octanol–water partition coefficient (Wildman–Crippen LogP) is 9.73. The van der Waals surface area contributed by atoms with Crippen LogP contribution in [0.1, 0.15) is 90.9 Å². The highest BCUT2D eigenvalue weighted by atomic mass is 16.1. The van der Waals surface area contributed by atoms with E-state index >= 15 is 0 Å². The molecule has 0 atom stereocenters. The molecule has 0 heterocycles. The quantitative estimate of drug-likeness (QED) is 0.174. The van der Waals surface area contributed by atoms with E-state index in [2.05, 4.69) is 111 Å². The second-order valence-corrected chi connectivity index (χ2v) is 7.62. The van der Waals surface area contributed by atoms with Crippen molar-refractivity contribution in [2.45, 2.75) is 90.9 Å². The summed E-state index contributed by atoms with van der Waals surface area (Å²) < 4.78 is 0. The molecule has 1 heteroatoms. The molecule has 0 aliphatic carbocycles. The SMILES string of the molecule is CC/C=C/C/C=C/C/C=C/C/C=C/CCC(=O)CC/C=C/C/C=C/C/C=C/C/C=C/CC. The molecule has 0 unspecified atom stereocenters. The van der Waals surface area contributed by atoms with Crippen LogP contribution in [0, 0.1) is 0 Å². The predicted molar refractivity (Wildman–Crippen MR) is 145 cm³/mol. The fraction of sp³-hybridized carbons (Fsp3) is 0.452. The van der Waals surface area contributed by atoms with E-state index in [0.717, 1.165) is 64.2 Å². The zero-order valence-electron chi connectivity index (χ0n) is 20.6. The van der Waals surface area contributed by atoms with Crippen LogP contribution in [-0.2, 0) is 4.79 Å². The van der Waals surface area contributed by atoms with Crippen LogP contribution in [-0.4, -0.2) is 5.78 Å². The molecule has 0 saturated carbocycles. The lowest BCUT2D eigenvalue weighted by Crippen LogP contribution is -1.95. The van der Waals surface area contributed by atoms with E-state index in [0.29, 0.717) is 18.6 Å². The zero-order valence-corrected chi connectivity index (χ0v) is 20.6. The van der Waals surface area contributed by atoms with Crippen molar-refractivity contribution < 1.29 is 4.79 Å². The molecule has 0 N–H and O–H groups in total. The van der Waals surface area contributed by atoms with Gasteiger partial charge in [0.15, 0.2) is 0 Å². The van der Waals surface area contributed by atoms with E-state index in [-0.39, 0.29) is 0 Å². The van der Waals surface area contributed by atoms with Gasteiger partial charge in [-0.15, -0.1) is 0 Å². The zero-order chi connectivity index (χ0) is 23.4. The highest BCUT2D eigenvalue weighted by molar-refractivity contribution is 5.78. The van der Waals surface area contributed by atoms with Gasteiger partial charge in [0, 0.05) is 12.8 Å². The van der Waals surface area contributed by atoms with Gasteiger partial charge in [-0.3, -0.25) is 4.79 Å². The Kier molecular flexibility index (Phi) is 24.6. The number of carbonyl (C=O) groups excluding carboxylic acids is 1. The molecular formula is C31H46O. The van der Waals surface area contributed by atoms with Crippen molar-refractivity contribution >= 4 is 5.78 Å². The van der Waals surface area contributed by atoms with Gasteiger partial charge in [-0.05, 0) is 64.2 Å². The van der Waals surface area contributed by atoms with Crippen molar-refractivity contribution in [3.05, 3.63) is 97.2 Å². The van der Waals surface area contributed by atoms with Crippen molar-refractivity contribution in [2.24, 2.45) is 0 Å². The molecule has 0 amide bonds. The Hall–Kier alpha value is -2.41. The third-order valence-electron chi connectivity index (χ3n) is 4.62. The van der Waals surface area contributed by atoms with Gasteiger partial charge in [-0.2, -0.15) is 0 Å². The molecule has 0 aliphatic rings. The molecule has 0 bridgehead atoms. The van der Waals surface area contributed by atoms with Crippen LogP contribution in [0.4, 0.5) is 0 Å². The Morgan fingerprint density at radius 2 is 0.656 bits per heavy atom. The van der Waals surface area contributed by atoms with Crippen molar-refractivity contribution in [1.29, 1.82) is 0 Å². The molecule has 1 nitrogen and oxygen atoms in total. The highest BCUT2D eigenvalue weighted by Crippen LogP contribution is 2.03. The molecular weight excluding hydrogens is 388 g/mol. The summed E-state index contributed by atoms with van der Waals surface area (Å²) in [6.45, 7) is 4.30. The lowest BCUT2D eigenvalue weighted by molar-refractivity contribution is -0.118. The summed E-state index contributed by atoms with van der Waals surface area (Å²) in [5.74, 6) is 0.356. The Balaban J connectivity index is 3.60. The number of allylic oxidation sites excluding steroid dienone is 16. The average Bonchev–Trinajstić information content (AvgIpc) is 2.80. The number of hydrogen-bond acceptors (Lipinski definition) is 1. The summed E-state index contributed by atoms with van der Waals surface area (Å²) in [6, 6.07) is 0. The number of carbonyl (C=O) groups is 1. The van der Waals surface area contributed by atoms with Crippen LogP contribution in [0.2, 0.25) is 0 Å². The van der Waals surface area contributed by atoms with Gasteiger partial charge < -0.3 is 0 Å². The first kappa shape index (κ1) is 29.6. The topological polar surface area (TPSA) is 17.1 Å². The fourth-order valence-corrected chi connectivity index (χ4v) is 2.81. The molecule has 0 radical (unpaired) electrons. The van der Waals surface area contributed by atoms with Gasteiger partial charge in [0.25, 0.3) is 0 Å². The van der Waals surface area contributed by atoms with Crippen molar-refractivity contribution in [3.8, 4) is 0 Å².